The Labute approximate surface area is 171 Å². The molecule has 0 radical (unpaired) electrons. The second kappa shape index (κ2) is 8.12. The highest BCUT2D eigenvalue weighted by atomic mass is 32.2. The van der Waals surface area contributed by atoms with Crippen molar-refractivity contribution in [2.24, 2.45) is 0 Å². The number of carboxylic acid groups (broad SMARTS) is 1. The lowest BCUT2D eigenvalue weighted by Gasteiger charge is -2.42. The van der Waals surface area contributed by atoms with Crippen molar-refractivity contribution in [2.45, 2.75) is 42.5 Å². The third-order valence-electron chi connectivity index (χ3n) is 4.48. The largest absolute Gasteiger partial charge is 0.479 e. The molecule has 1 aromatic heterocycles. The summed E-state index contributed by atoms with van der Waals surface area (Å²) in [4.78, 5) is 19.1. The molecule has 2 heterocycles. The molecule has 0 saturated carbocycles. The van der Waals surface area contributed by atoms with Crippen molar-refractivity contribution in [3.63, 3.8) is 0 Å². The number of ether oxygens (including phenoxy) is 1. The number of aliphatic hydroxyl groups excluding tert-OH is 3. The van der Waals surface area contributed by atoms with Crippen LogP contribution in [0.15, 0.2) is 41.4 Å². The van der Waals surface area contributed by atoms with Gasteiger partial charge in [0.05, 0.1) is 4.90 Å². The van der Waals surface area contributed by atoms with Crippen LogP contribution in [0.3, 0.4) is 0 Å². The number of nitrogens with zero attached hydrogens (tertiary/aromatic N) is 3. The lowest BCUT2D eigenvalue weighted by atomic mass is 9.98. The highest BCUT2D eigenvalue weighted by Crippen LogP contribution is 2.31. The number of benzene rings is 1. The zero-order valence-corrected chi connectivity index (χ0v) is 16.4. The van der Waals surface area contributed by atoms with Crippen LogP contribution in [-0.2, 0) is 19.6 Å². The van der Waals surface area contributed by atoms with Crippen molar-refractivity contribution in [3.05, 3.63) is 42.2 Å². The van der Waals surface area contributed by atoms with E-state index in [2.05, 4.69) is 9.97 Å². The average Bonchev–Trinajstić information content (AvgIpc) is 2.68. The van der Waals surface area contributed by atoms with E-state index in [9.17, 15) is 33.6 Å². The minimum atomic E-state index is -4.53. The zero-order chi connectivity index (χ0) is 22.2. The van der Waals surface area contributed by atoms with Gasteiger partial charge in [0.25, 0.3) is 10.0 Å². The minimum absolute atomic E-state index is 0.273. The summed E-state index contributed by atoms with van der Waals surface area (Å²) in [6, 6.07) is 6.55. The molecule has 5 unspecified atom stereocenters. The van der Waals surface area contributed by atoms with Crippen molar-refractivity contribution in [1.82, 2.24) is 9.97 Å². The molecule has 0 aliphatic carbocycles. The van der Waals surface area contributed by atoms with Gasteiger partial charge in [0.1, 0.15) is 18.3 Å². The van der Waals surface area contributed by atoms with Gasteiger partial charge in [-0.3, -0.25) is 0 Å². The van der Waals surface area contributed by atoms with E-state index in [0.29, 0.717) is 15.7 Å². The van der Waals surface area contributed by atoms with Gasteiger partial charge in [-0.15, -0.1) is 0 Å². The van der Waals surface area contributed by atoms with Gasteiger partial charge < -0.3 is 30.9 Å². The Bertz CT molecular complexity index is 1030. The van der Waals surface area contributed by atoms with Gasteiger partial charge in [-0.2, -0.15) is 0 Å². The van der Waals surface area contributed by atoms with E-state index >= 15 is 0 Å². The van der Waals surface area contributed by atoms with E-state index in [1.165, 1.54) is 36.5 Å². The highest BCUT2D eigenvalue weighted by Gasteiger charge is 2.52. The maximum Gasteiger partial charge on any atom is 0.335 e. The van der Waals surface area contributed by atoms with Crippen LogP contribution >= 0.6 is 0 Å². The van der Waals surface area contributed by atoms with Crippen LogP contribution in [0.1, 0.15) is 5.69 Å². The molecule has 0 spiro atoms. The van der Waals surface area contributed by atoms with Crippen molar-refractivity contribution in [1.29, 1.82) is 0 Å². The summed E-state index contributed by atoms with van der Waals surface area (Å²) in [5.74, 6) is -2.09. The van der Waals surface area contributed by atoms with Gasteiger partial charge >= 0.3 is 5.97 Å². The number of nitrogens with two attached hydrogens (primary N) is 1. The van der Waals surface area contributed by atoms with Crippen molar-refractivity contribution < 1.29 is 38.4 Å². The Morgan fingerprint density at radius 2 is 1.73 bits per heavy atom. The van der Waals surface area contributed by atoms with E-state index in [-0.39, 0.29) is 4.90 Å². The van der Waals surface area contributed by atoms with E-state index < -0.39 is 52.6 Å². The van der Waals surface area contributed by atoms with Crippen molar-refractivity contribution in [3.8, 4) is 0 Å². The Morgan fingerprint density at radius 1 is 1.10 bits per heavy atom. The number of aliphatic hydroxyl groups is 3. The Morgan fingerprint density at radius 3 is 2.30 bits per heavy atom. The summed E-state index contributed by atoms with van der Waals surface area (Å²) < 4.78 is 32.5. The molecule has 162 valence electrons. The van der Waals surface area contributed by atoms with Crippen LogP contribution in [-0.4, -0.2) is 75.4 Å². The molecule has 0 bridgehead atoms. The normalized spacial score (nSPS) is 26.9. The minimum Gasteiger partial charge on any atom is -0.479 e. The molecule has 0 amide bonds. The lowest BCUT2D eigenvalue weighted by Crippen LogP contribution is -2.65. The van der Waals surface area contributed by atoms with Gasteiger partial charge in [0.2, 0.25) is 5.95 Å². The first-order valence-corrected chi connectivity index (χ1v) is 10.1. The van der Waals surface area contributed by atoms with Gasteiger partial charge in [0.15, 0.2) is 12.3 Å². The monoisotopic (exact) mass is 440 g/mol. The molecule has 1 aromatic carbocycles. The van der Waals surface area contributed by atoms with Crippen LogP contribution in [0.25, 0.3) is 0 Å². The summed E-state index contributed by atoms with van der Waals surface area (Å²) in [6.07, 6.45) is -8.72. The third kappa shape index (κ3) is 3.93. The first-order valence-electron chi connectivity index (χ1n) is 8.66. The maximum atomic E-state index is 13.4. The molecule has 1 saturated heterocycles. The van der Waals surface area contributed by atoms with Gasteiger partial charge in [-0.1, -0.05) is 0 Å². The smallest absolute Gasteiger partial charge is 0.335 e. The Balaban J connectivity index is 2.17. The van der Waals surface area contributed by atoms with E-state index in [0.717, 1.165) is 0 Å². The SMILES string of the molecule is Cc1ccnc(N(C2OC(C(=O)O)C(O)C(O)C2O)S(=O)(=O)c2ccc(N)cc2)n1. The molecule has 12 nitrogen and oxygen atoms in total. The maximum absolute atomic E-state index is 13.4. The number of hydrogen-bond acceptors (Lipinski definition) is 10. The number of nitrogen functional groups attached to an aromatic ring is 1. The Kier molecular flexibility index (Phi) is 5.92. The number of aromatic nitrogens is 2. The van der Waals surface area contributed by atoms with Crippen LogP contribution in [0, 0.1) is 6.92 Å². The molecule has 1 aliphatic heterocycles. The molecule has 3 rings (SSSR count). The molecule has 13 heteroatoms. The predicted octanol–water partition coefficient (Wildman–Crippen LogP) is -1.55. The summed E-state index contributed by atoms with van der Waals surface area (Å²) >= 11 is 0. The van der Waals surface area contributed by atoms with E-state index in [1.54, 1.807) is 6.92 Å². The number of rotatable bonds is 5. The van der Waals surface area contributed by atoms with E-state index in [4.69, 9.17) is 10.5 Å². The number of aryl methyl sites for hydroxylation is 1. The summed E-state index contributed by atoms with van der Waals surface area (Å²) in [6.45, 7) is 1.57. The van der Waals surface area contributed by atoms with Crippen LogP contribution < -0.4 is 10.0 Å². The first-order chi connectivity index (χ1) is 14.0. The number of aliphatic carboxylic acids is 1. The highest BCUT2D eigenvalue weighted by molar-refractivity contribution is 7.92. The van der Waals surface area contributed by atoms with E-state index in [1.807, 2.05) is 0 Å². The molecular weight excluding hydrogens is 420 g/mol. The number of sulfonamides is 1. The third-order valence-corrected chi connectivity index (χ3v) is 6.24. The second-order valence-electron chi connectivity index (χ2n) is 6.63. The van der Waals surface area contributed by atoms with Gasteiger partial charge in [-0.25, -0.2) is 27.5 Å². The predicted molar refractivity (Wildman–Crippen MR) is 102 cm³/mol. The molecule has 1 aliphatic rings. The summed E-state index contributed by atoms with van der Waals surface area (Å²) in [5, 5.41) is 39.8. The molecule has 5 atom stereocenters. The second-order valence-corrected chi connectivity index (χ2v) is 8.44. The number of carbonyl (C=O) groups is 1. The fraction of sp³-hybridized carbons (Fsp3) is 0.353. The van der Waals surface area contributed by atoms with Crippen LogP contribution in [0.5, 0.6) is 0 Å². The van der Waals surface area contributed by atoms with Gasteiger partial charge in [-0.05, 0) is 37.3 Å². The lowest BCUT2D eigenvalue weighted by molar-refractivity contribution is -0.224. The molecule has 30 heavy (non-hydrogen) atoms. The summed E-state index contributed by atoms with van der Waals surface area (Å²) in [5.41, 5.74) is 6.27. The number of anilines is 2. The number of hydrogen-bond donors (Lipinski definition) is 5. The topological polar surface area (TPSA) is 196 Å². The number of carboxylic acids is 1. The fourth-order valence-corrected chi connectivity index (χ4v) is 4.37. The van der Waals surface area contributed by atoms with Crippen molar-refractivity contribution >= 4 is 27.6 Å². The molecular formula is C17H20N4O8S. The average molecular weight is 440 g/mol. The Hall–Kier alpha value is -2.84. The first kappa shape index (κ1) is 21.9. The summed E-state index contributed by atoms with van der Waals surface area (Å²) in [7, 11) is -4.53. The van der Waals surface area contributed by atoms with Crippen LogP contribution in [0.4, 0.5) is 11.6 Å². The van der Waals surface area contributed by atoms with Gasteiger partial charge in [0, 0.05) is 17.6 Å². The van der Waals surface area contributed by atoms with Crippen LogP contribution in [0.2, 0.25) is 0 Å². The quantitative estimate of drug-likeness (QED) is 0.338. The standard InChI is InChI=1S/C17H20N4O8S/c1-8-6-7-19-17(20-8)21(30(27,28)10-4-2-9(18)3-5-10)15-13(24)11(22)12(23)14(29-15)16(25)26/h2-7,11-15,22-24H,18H2,1H3,(H,25,26). The molecule has 2 aromatic rings. The molecule has 1 fully saturated rings. The fourth-order valence-electron chi connectivity index (χ4n) is 2.91. The zero-order valence-electron chi connectivity index (χ0n) is 15.6. The molecule has 6 N–H and O–H groups in total. The van der Waals surface area contributed by atoms with Crippen molar-refractivity contribution in [2.75, 3.05) is 10.0 Å².